The molecule has 0 aliphatic carbocycles. The molecule has 8 nitrogen and oxygen atoms in total. The lowest BCUT2D eigenvalue weighted by molar-refractivity contribution is 0.564. The highest BCUT2D eigenvalue weighted by atomic mass is 32.2. The van der Waals surface area contributed by atoms with E-state index in [0.717, 1.165) is 35.3 Å². The van der Waals surface area contributed by atoms with Gasteiger partial charge in [0, 0.05) is 31.5 Å². The molecular formula is C13H16N8S. The van der Waals surface area contributed by atoms with Crippen LogP contribution < -0.4 is 0 Å². The molecule has 3 aromatic heterocycles. The molecule has 0 aromatic carbocycles. The van der Waals surface area contributed by atoms with Crippen LogP contribution in [0.5, 0.6) is 0 Å². The number of thioether (sulfide) groups is 1. The Bertz CT molecular complexity index is 736. The van der Waals surface area contributed by atoms with Crippen LogP contribution in [0.4, 0.5) is 0 Å². The average molecular weight is 316 g/mol. The summed E-state index contributed by atoms with van der Waals surface area (Å²) in [5, 5.41) is 21.1. The van der Waals surface area contributed by atoms with Gasteiger partial charge in [-0.3, -0.25) is 4.98 Å². The summed E-state index contributed by atoms with van der Waals surface area (Å²) < 4.78 is 3.79. The minimum Gasteiger partial charge on any atom is -0.305 e. The molecular weight excluding hydrogens is 300 g/mol. The summed E-state index contributed by atoms with van der Waals surface area (Å²) in [5.74, 6) is 2.33. The zero-order valence-electron chi connectivity index (χ0n) is 12.4. The second-order valence-electron chi connectivity index (χ2n) is 4.71. The van der Waals surface area contributed by atoms with E-state index in [1.165, 1.54) is 0 Å². The van der Waals surface area contributed by atoms with Gasteiger partial charge in [-0.15, -0.1) is 15.3 Å². The molecule has 3 aromatic rings. The van der Waals surface area contributed by atoms with E-state index in [4.69, 9.17) is 0 Å². The van der Waals surface area contributed by atoms with Gasteiger partial charge in [0.05, 0.1) is 5.75 Å². The second-order valence-corrected chi connectivity index (χ2v) is 5.65. The Balaban J connectivity index is 1.74. The van der Waals surface area contributed by atoms with Crippen molar-refractivity contribution in [2.75, 3.05) is 0 Å². The van der Waals surface area contributed by atoms with E-state index in [0.29, 0.717) is 5.75 Å². The molecule has 0 saturated heterocycles. The van der Waals surface area contributed by atoms with Gasteiger partial charge in [-0.2, -0.15) is 0 Å². The second kappa shape index (κ2) is 6.65. The molecule has 0 atom stereocenters. The lowest BCUT2D eigenvalue weighted by atomic mass is 10.2. The fourth-order valence-corrected chi connectivity index (χ4v) is 2.88. The molecule has 0 aliphatic heterocycles. The van der Waals surface area contributed by atoms with Crippen LogP contribution in [0.3, 0.4) is 0 Å². The first-order valence-corrected chi connectivity index (χ1v) is 7.95. The van der Waals surface area contributed by atoms with Gasteiger partial charge in [-0.1, -0.05) is 18.7 Å². The highest BCUT2D eigenvalue weighted by Crippen LogP contribution is 2.24. The van der Waals surface area contributed by atoms with Crippen molar-refractivity contribution in [3.63, 3.8) is 0 Å². The predicted molar refractivity (Wildman–Crippen MR) is 81.9 cm³/mol. The largest absolute Gasteiger partial charge is 0.305 e. The van der Waals surface area contributed by atoms with Crippen LogP contribution in [0.15, 0.2) is 29.7 Å². The van der Waals surface area contributed by atoms with E-state index >= 15 is 0 Å². The predicted octanol–water partition coefficient (Wildman–Crippen LogP) is 1.57. The van der Waals surface area contributed by atoms with Gasteiger partial charge in [0.25, 0.3) is 0 Å². The van der Waals surface area contributed by atoms with Crippen LogP contribution in [-0.4, -0.2) is 40.0 Å². The molecule has 0 spiro atoms. The van der Waals surface area contributed by atoms with Crippen molar-refractivity contribution in [3.05, 3.63) is 30.4 Å². The Morgan fingerprint density at radius 2 is 1.95 bits per heavy atom. The third-order valence-corrected chi connectivity index (χ3v) is 4.16. The summed E-state index contributed by atoms with van der Waals surface area (Å²) in [4.78, 5) is 4.02. The maximum Gasteiger partial charge on any atom is 0.191 e. The monoisotopic (exact) mass is 316 g/mol. The summed E-state index contributed by atoms with van der Waals surface area (Å²) in [6.45, 7) is 2.92. The van der Waals surface area contributed by atoms with Gasteiger partial charge in [0.15, 0.2) is 16.8 Å². The van der Waals surface area contributed by atoms with Crippen LogP contribution >= 0.6 is 11.8 Å². The number of hydrogen-bond acceptors (Lipinski definition) is 7. The van der Waals surface area contributed by atoms with Crippen molar-refractivity contribution in [2.45, 2.75) is 30.8 Å². The third-order valence-electron chi connectivity index (χ3n) is 3.15. The number of aryl methyl sites for hydroxylation is 1. The van der Waals surface area contributed by atoms with Crippen LogP contribution in [0, 0.1) is 0 Å². The summed E-state index contributed by atoms with van der Waals surface area (Å²) in [5.41, 5.74) is 0.993. The van der Waals surface area contributed by atoms with E-state index in [2.05, 4.69) is 37.6 Å². The average Bonchev–Trinajstić information content (AvgIpc) is 3.13. The summed E-state index contributed by atoms with van der Waals surface area (Å²) in [6.07, 6.45) is 4.49. The van der Waals surface area contributed by atoms with Crippen LogP contribution in [0.2, 0.25) is 0 Å². The molecule has 3 heterocycles. The molecule has 0 aliphatic rings. The lowest BCUT2D eigenvalue weighted by Gasteiger charge is -2.04. The smallest absolute Gasteiger partial charge is 0.191 e. The molecule has 0 unspecified atom stereocenters. The number of aromatic nitrogens is 8. The zero-order valence-corrected chi connectivity index (χ0v) is 13.2. The number of hydrogen-bond donors (Lipinski definition) is 0. The van der Waals surface area contributed by atoms with Gasteiger partial charge >= 0.3 is 0 Å². The number of rotatable bonds is 6. The lowest BCUT2D eigenvalue weighted by Crippen LogP contribution is -2.04. The van der Waals surface area contributed by atoms with Gasteiger partial charge < -0.3 is 4.57 Å². The topological polar surface area (TPSA) is 87.2 Å². The minimum absolute atomic E-state index is 0.662. The van der Waals surface area contributed by atoms with E-state index < -0.39 is 0 Å². The standard InChI is InChI=1S/C13H16N8S/c1-3-8-21-11(15-18-19-21)9-22-13-17-16-12(20(13)2)10-4-6-14-7-5-10/h4-7H,3,8-9H2,1-2H3. The molecule has 22 heavy (non-hydrogen) atoms. The van der Waals surface area contributed by atoms with Crippen LogP contribution in [0.1, 0.15) is 19.2 Å². The molecule has 9 heteroatoms. The molecule has 0 N–H and O–H groups in total. The van der Waals surface area contributed by atoms with Crippen molar-refractivity contribution < 1.29 is 0 Å². The van der Waals surface area contributed by atoms with Gasteiger partial charge in [-0.05, 0) is 29.0 Å². The fraction of sp³-hybridized carbons (Fsp3) is 0.385. The molecule has 0 fully saturated rings. The first-order valence-electron chi connectivity index (χ1n) is 6.97. The maximum atomic E-state index is 4.25. The summed E-state index contributed by atoms with van der Waals surface area (Å²) in [6, 6.07) is 3.83. The number of nitrogens with zero attached hydrogens (tertiary/aromatic N) is 8. The van der Waals surface area contributed by atoms with Crippen LogP contribution in [0.25, 0.3) is 11.4 Å². The molecule has 0 amide bonds. The Hall–Kier alpha value is -2.29. The highest BCUT2D eigenvalue weighted by Gasteiger charge is 2.13. The molecule has 0 bridgehead atoms. The van der Waals surface area contributed by atoms with Gasteiger partial charge in [0.1, 0.15) is 0 Å². The van der Waals surface area contributed by atoms with Crippen molar-refractivity contribution in [1.82, 2.24) is 40.0 Å². The first kappa shape index (κ1) is 14.6. The fourth-order valence-electron chi connectivity index (χ4n) is 2.03. The van der Waals surface area contributed by atoms with E-state index in [1.54, 1.807) is 24.2 Å². The van der Waals surface area contributed by atoms with Gasteiger partial charge in [-0.25, -0.2) is 4.68 Å². The summed E-state index contributed by atoms with van der Waals surface area (Å²) >= 11 is 1.57. The Kier molecular flexibility index (Phi) is 4.42. The summed E-state index contributed by atoms with van der Waals surface area (Å²) in [7, 11) is 1.95. The Morgan fingerprint density at radius 3 is 2.73 bits per heavy atom. The molecule has 0 saturated carbocycles. The van der Waals surface area contributed by atoms with Crippen molar-refractivity contribution >= 4 is 11.8 Å². The van der Waals surface area contributed by atoms with Crippen molar-refractivity contribution in [3.8, 4) is 11.4 Å². The highest BCUT2D eigenvalue weighted by molar-refractivity contribution is 7.98. The Labute approximate surface area is 132 Å². The maximum absolute atomic E-state index is 4.25. The molecule has 0 radical (unpaired) electrons. The first-order chi connectivity index (χ1) is 10.8. The quantitative estimate of drug-likeness (QED) is 0.638. The third kappa shape index (κ3) is 2.98. The van der Waals surface area contributed by atoms with E-state index in [9.17, 15) is 0 Å². The van der Waals surface area contributed by atoms with E-state index in [1.807, 2.05) is 28.4 Å². The number of pyridine rings is 1. The molecule has 3 rings (SSSR count). The van der Waals surface area contributed by atoms with Crippen molar-refractivity contribution in [2.24, 2.45) is 7.05 Å². The number of tetrazole rings is 1. The van der Waals surface area contributed by atoms with Crippen molar-refractivity contribution in [1.29, 1.82) is 0 Å². The zero-order chi connectivity index (χ0) is 15.4. The SMILES string of the molecule is CCCn1nnnc1CSc1nnc(-c2ccncc2)n1C. The Morgan fingerprint density at radius 1 is 1.14 bits per heavy atom. The molecule has 114 valence electrons. The van der Waals surface area contributed by atoms with Crippen LogP contribution in [-0.2, 0) is 19.3 Å². The van der Waals surface area contributed by atoms with Gasteiger partial charge in [0.2, 0.25) is 0 Å². The van der Waals surface area contributed by atoms with E-state index in [-0.39, 0.29) is 0 Å². The minimum atomic E-state index is 0.662. The normalized spacial score (nSPS) is 11.0.